The monoisotopic (exact) mass is 440 g/mol. The average molecular weight is 441 g/mol. The van der Waals surface area contributed by atoms with E-state index in [2.05, 4.69) is 15.6 Å². The molecule has 2 aromatic rings. The van der Waals surface area contributed by atoms with E-state index in [1.165, 1.54) is 4.90 Å². The molecule has 0 spiro atoms. The molecule has 2 amide bonds. The number of aromatic nitrogens is 1. The molecular weight excluding hydrogens is 408 g/mol. The second-order valence-electron chi connectivity index (χ2n) is 8.27. The molecule has 172 valence electrons. The fourth-order valence-electron chi connectivity index (χ4n) is 3.48. The first-order valence-corrected chi connectivity index (χ1v) is 11.1. The third kappa shape index (κ3) is 6.43. The van der Waals surface area contributed by atoms with Gasteiger partial charge in [0, 0.05) is 6.54 Å². The van der Waals surface area contributed by atoms with E-state index in [9.17, 15) is 14.7 Å². The van der Waals surface area contributed by atoms with Gasteiger partial charge in [-0.3, -0.25) is 9.59 Å². The summed E-state index contributed by atoms with van der Waals surface area (Å²) in [5.74, 6) is 0.763. The van der Waals surface area contributed by atoms with E-state index in [4.69, 9.17) is 4.74 Å². The van der Waals surface area contributed by atoms with Gasteiger partial charge in [-0.05, 0) is 49.4 Å². The first-order chi connectivity index (χ1) is 15.5. The quantitative estimate of drug-likeness (QED) is 0.660. The molecule has 0 radical (unpaired) electrons. The van der Waals surface area contributed by atoms with Crippen LogP contribution in [-0.2, 0) is 4.79 Å². The van der Waals surface area contributed by atoms with Crippen LogP contribution in [0.3, 0.4) is 0 Å². The molecule has 2 heterocycles. The van der Waals surface area contributed by atoms with Crippen LogP contribution in [0.4, 0.5) is 11.5 Å². The Kier molecular flexibility index (Phi) is 8.44. The first-order valence-electron chi connectivity index (χ1n) is 11.1. The normalized spacial score (nSPS) is 15.8. The number of fused-ring (bicyclic) bond motifs is 3. The van der Waals surface area contributed by atoms with Gasteiger partial charge in [0.05, 0.1) is 31.5 Å². The maximum Gasteiger partial charge on any atom is 0.273 e. The second-order valence-corrected chi connectivity index (χ2v) is 8.27. The number of benzene rings is 1. The number of hydrogen-bond acceptors (Lipinski definition) is 6. The topological polar surface area (TPSA) is 104 Å². The number of rotatable bonds is 5. The van der Waals surface area contributed by atoms with E-state index in [1.807, 2.05) is 38.1 Å². The van der Waals surface area contributed by atoms with Gasteiger partial charge in [-0.15, -0.1) is 0 Å². The lowest BCUT2D eigenvalue weighted by atomic mass is 10.1. The Morgan fingerprint density at radius 2 is 2.00 bits per heavy atom. The summed E-state index contributed by atoms with van der Waals surface area (Å²) in [5.41, 5.74) is 1.04. The minimum atomic E-state index is -0.347. The molecule has 0 saturated carbocycles. The van der Waals surface area contributed by atoms with Crippen molar-refractivity contribution in [3.05, 3.63) is 48.2 Å². The Bertz CT molecular complexity index is 918. The molecule has 0 aliphatic carbocycles. The van der Waals surface area contributed by atoms with Gasteiger partial charge in [-0.2, -0.15) is 0 Å². The predicted octanol–water partition coefficient (Wildman–Crippen LogP) is 2.96. The lowest BCUT2D eigenvalue weighted by Crippen LogP contribution is -2.47. The summed E-state index contributed by atoms with van der Waals surface area (Å²) in [7, 11) is 0. The lowest BCUT2D eigenvalue weighted by molar-refractivity contribution is -0.123. The number of carbonyl (C=O) groups is 2. The Morgan fingerprint density at radius 3 is 2.78 bits per heavy atom. The number of aliphatic hydroxyl groups excluding tert-OH is 1. The van der Waals surface area contributed by atoms with Crippen molar-refractivity contribution in [3.8, 4) is 5.75 Å². The van der Waals surface area contributed by atoms with Crippen LogP contribution in [-0.4, -0.2) is 59.1 Å². The number of carbonyl (C=O) groups excluding carboxylic acids is 2. The molecule has 8 heteroatoms. The minimum Gasteiger partial charge on any atom is -0.491 e. The highest BCUT2D eigenvalue weighted by molar-refractivity contribution is 5.95. The predicted molar refractivity (Wildman–Crippen MR) is 123 cm³/mol. The van der Waals surface area contributed by atoms with E-state index < -0.39 is 0 Å². The van der Waals surface area contributed by atoms with Crippen molar-refractivity contribution >= 4 is 23.3 Å². The summed E-state index contributed by atoms with van der Waals surface area (Å²) in [6, 6.07) is 12.5. The number of hydrogen-bond donors (Lipinski definition) is 3. The van der Waals surface area contributed by atoms with Crippen molar-refractivity contribution in [3.63, 3.8) is 0 Å². The standard InChI is InChI=1S/C24H32N4O4/c1-17(2)20(16-29)27-23(30)15-28-13-6-3-7-14-32-21-11-5-4-9-18(21)25-22-12-8-10-19(26-22)24(28)31/h4-5,8-12,17,20,29H,3,6-7,13-16H2,1-2H3,(H,25,26)(H,27,30)/t20-/m1/s1. The molecule has 2 bridgehead atoms. The van der Waals surface area contributed by atoms with E-state index in [-0.39, 0.29) is 42.6 Å². The minimum absolute atomic E-state index is 0.0826. The zero-order valence-electron chi connectivity index (χ0n) is 18.7. The number of nitrogens with zero attached hydrogens (tertiary/aromatic N) is 2. The lowest BCUT2D eigenvalue weighted by Gasteiger charge is -2.25. The Balaban J connectivity index is 1.81. The molecule has 0 unspecified atom stereocenters. The summed E-state index contributed by atoms with van der Waals surface area (Å²) < 4.78 is 5.94. The average Bonchev–Trinajstić information content (AvgIpc) is 2.79. The van der Waals surface area contributed by atoms with Crippen molar-refractivity contribution in [1.29, 1.82) is 0 Å². The molecule has 0 fully saturated rings. The third-order valence-electron chi connectivity index (χ3n) is 5.42. The van der Waals surface area contributed by atoms with E-state index in [0.717, 1.165) is 30.7 Å². The largest absolute Gasteiger partial charge is 0.491 e. The highest BCUT2D eigenvalue weighted by atomic mass is 16.5. The van der Waals surface area contributed by atoms with Crippen LogP contribution in [0.2, 0.25) is 0 Å². The van der Waals surface area contributed by atoms with Gasteiger partial charge in [0.25, 0.3) is 5.91 Å². The maximum atomic E-state index is 13.2. The van der Waals surface area contributed by atoms with Crippen molar-refractivity contribution < 1.29 is 19.4 Å². The Morgan fingerprint density at radius 1 is 1.19 bits per heavy atom. The summed E-state index contributed by atoms with van der Waals surface area (Å²) in [6.45, 7) is 4.63. The number of para-hydroxylation sites is 2. The van der Waals surface area contributed by atoms with Crippen LogP contribution < -0.4 is 15.4 Å². The number of anilines is 2. The zero-order valence-corrected chi connectivity index (χ0v) is 18.7. The van der Waals surface area contributed by atoms with Gasteiger partial charge in [0.1, 0.15) is 17.3 Å². The third-order valence-corrected chi connectivity index (χ3v) is 5.42. The number of aliphatic hydroxyl groups is 1. The van der Waals surface area contributed by atoms with Gasteiger partial charge in [-0.1, -0.05) is 32.0 Å². The Hall–Kier alpha value is -3.13. The van der Waals surface area contributed by atoms with Crippen molar-refractivity contribution in [1.82, 2.24) is 15.2 Å². The molecule has 1 aliphatic heterocycles. The van der Waals surface area contributed by atoms with Gasteiger partial charge in [-0.25, -0.2) is 4.98 Å². The molecule has 3 N–H and O–H groups in total. The molecule has 0 saturated heterocycles. The van der Waals surface area contributed by atoms with E-state index in [1.54, 1.807) is 18.2 Å². The van der Waals surface area contributed by atoms with Crippen LogP contribution in [0.1, 0.15) is 43.6 Å². The highest BCUT2D eigenvalue weighted by Gasteiger charge is 2.23. The molecular formula is C24H32N4O4. The van der Waals surface area contributed by atoms with Gasteiger partial charge in [0.15, 0.2) is 0 Å². The fraction of sp³-hybridized carbons (Fsp3) is 0.458. The smallest absolute Gasteiger partial charge is 0.273 e. The maximum absolute atomic E-state index is 13.2. The molecule has 1 aromatic carbocycles. The van der Waals surface area contributed by atoms with Crippen molar-refractivity contribution in [2.75, 3.05) is 31.6 Å². The van der Waals surface area contributed by atoms with Crippen LogP contribution >= 0.6 is 0 Å². The number of amides is 2. The summed E-state index contributed by atoms with van der Waals surface area (Å²) in [6.07, 6.45) is 2.45. The van der Waals surface area contributed by atoms with E-state index >= 15 is 0 Å². The van der Waals surface area contributed by atoms with E-state index in [0.29, 0.717) is 19.0 Å². The molecule has 3 rings (SSSR count). The van der Waals surface area contributed by atoms with Crippen LogP contribution in [0, 0.1) is 5.92 Å². The fourth-order valence-corrected chi connectivity index (χ4v) is 3.48. The van der Waals surface area contributed by atoms with Gasteiger partial charge in [0.2, 0.25) is 5.91 Å². The van der Waals surface area contributed by atoms with Crippen molar-refractivity contribution in [2.45, 2.75) is 39.2 Å². The number of pyridine rings is 1. The van der Waals surface area contributed by atoms with Crippen LogP contribution in [0.5, 0.6) is 5.75 Å². The Labute approximate surface area is 189 Å². The van der Waals surface area contributed by atoms with Gasteiger partial charge >= 0.3 is 0 Å². The van der Waals surface area contributed by atoms with Crippen molar-refractivity contribution in [2.24, 2.45) is 5.92 Å². The summed E-state index contributed by atoms with van der Waals surface area (Å²) >= 11 is 0. The molecule has 1 aliphatic rings. The zero-order chi connectivity index (χ0) is 22.9. The number of ether oxygens (including phenoxy) is 1. The SMILES string of the molecule is CC(C)[C@@H](CO)NC(=O)CN1CCCCCOc2ccccc2Nc2cccc(n2)C1=O. The van der Waals surface area contributed by atoms with Crippen LogP contribution in [0.15, 0.2) is 42.5 Å². The molecule has 8 nitrogen and oxygen atoms in total. The first kappa shape index (κ1) is 23.5. The summed E-state index contributed by atoms with van der Waals surface area (Å²) in [5, 5.41) is 15.5. The summed E-state index contributed by atoms with van der Waals surface area (Å²) in [4.78, 5) is 31.8. The molecule has 1 atom stereocenters. The highest BCUT2D eigenvalue weighted by Crippen LogP contribution is 2.27. The second kappa shape index (κ2) is 11.5. The van der Waals surface area contributed by atoms with Gasteiger partial charge < -0.3 is 25.4 Å². The molecule has 32 heavy (non-hydrogen) atoms. The number of nitrogens with one attached hydrogen (secondary N) is 2. The van der Waals surface area contributed by atoms with Crippen LogP contribution in [0.25, 0.3) is 0 Å². The molecule has 1 aromatic heterocycles.